The molecule has 0 bridgehead atoms. The van der Waals surface area contributed by atoms with Crippen LogP contribution >= 0.6 is 0 Å². The summed E-state index contributed by atoms with van der Waals surface area (Å²) >= 11 is 0. The number of para-hydroxylation sites is 3. The summed E-state index contributed by atoms with van der Waals surface area (Å²) in [6.07, 6.45) is 0. The van der Waals surface area contributed by atoms with Crippen molar-refractivity contribution in [1.82, 2.24) is 14.4 Å². The van der Waals surface area contributed by atoms with Gasteiger partial charge in [0.25, 0.3) is 0 Å². The van der Waals surface area contributed by atoms with E-state index in [9.17, 15) is 4.39 Å². The van der Waals surface area contributed by atoms with Crippen molar-refractivity contribution < 1.29 is 4.39 Å². The Labute approximate surface area is 194 Å². The minimum absolute atomic E-state index is 0.221. The summed E-state index contributed by atoms with van der Waals surface area (Å²) in [5, 5.41) is 1.01. The molecule has 0 saturated heterocycles. The van der Waals surface area contributed by atoms with Crippen LogP contribution in [0.3, 0.4) is 0 Å². The summed E-state index contributed by atoms with van der Waals surface area (Å²) in [5.74, 6) is 0.246. The molecule has 34 heavy (non-hydrogen) atoms. The fraction of sp³-hybridized carbons (Fsp3) is 0.0741. The van der Waals surface area contributed by atoms with Crippen LogP contribution in [-0.4, -0.2) is 14.4 Å². The van der Waals surface area contributed by atoms with Gasteiger partial charge in [-0.2, -0.15) is 0 Å². The van der Waals surface area contributed by atoms with E-state index < -0.39 is 0 Å². The number of nitrogen functional groups attached to an aromatic ring is 1. The molecule has 6 aromatic rings. The molecule has 3 heterocycles. The first kappa shape index (κ1) is 20.4. The van der Waals surface area contributed by atoms with Crippen LogP contribution in [0.25, 0.3) is 50.0 Å². The van der Waals surface area contributed by atoms with Gasteiger partial charge in [0.15, 0.2) is 0 Å². The van der Waals surface area contributed by atoms with E-state index in [1.54, 1.807) is 12.1 Å². The highest BCUT2D eigenvalue weighted by atomic mass is 19.1. The molecule has 0 fully saturated rings. The number of nitrogens with one attached hydrogen (secondary N) is 1. The van der Waals surface area contributed by atoms with Gasteiger partial charge in [0.2, 0.25) is 0 Å². The molecular formula is C27H23FN6. The Morgan fingerprint density at radius 2 is 1.53 bits per heavy atom. The molecule has 3 aromatic heterocycles. The topological polar surface area (TPSA) is 111 Å². The Hall–Kier alpha value is -4.20. The summed E-state index contributed by atoms with van der Waals surface area (Å²) in [6.45, 7) is 0.469. The average molecular weight is 451 g/mol. The molecular weight excluding hydrogens is 427 g/mol. The van der Waals surface area contributed by atoms with Crippen LogP contribution in [0.1, 0.15) is 11.1 Å². The van der Waals surface area contributed by atoms with E-state index >= 15 is 0 Å². The Bertz CT molecular complexity index is 1690. The van der Waals surface area contributed by atoms with E-state index in [0.717, 1.165) is 55.4 Å². The van der Waals surface area contributed by atoms with Gasteiger partial charge in [-0.25, -0.2) is 9.37 Å². The van der Waals surface area contributed by atoms with Crippen LogP contribution < -0.4 is 17.2 Å². The molecule has 0 atom stereocenters. The van der Waals surface area contributed by atoms with Gasteiger partial charge in [0.05, 0.1) is 16.7 Å². The number of nitrogens with zero attached hydrogens (tertiary/aromatic N) is 2. The van der Waals surface area contributed by atoms with Gasteiger partial charge in [0.1, 0.15) is 17.3 Å². The SMILES string of the molecule is NCc1c(-c2c(-c3ccc(F)cc3)[nH]c3ccccc23)c(CN)c2nc3ccccc3n2c1N. The first-order chi connectivity index (χ1) is 16.6. The number of aromatic amines is 1. The van der Waals surface area contributed by atoms with Crippen LogP contribution in [0.5, 0.6) is 0 Å². The smallest absolute Gasteiger partial charge is 0.144 e. The van der Waals surface area contributed by atoms with Crippen LogP contribution in [0.15, 0.2) is 72.8 Å². The van der Waals surface area contributed by atoms with Crippen molar-refractivity contribution >= 4 is 33.4 Å². The van der Waals surface area contributed by atoms with Crippen molar-refractivity contribution in [2.75, 3.05) is 5.73 Å². The second-order valence-corrected chi connectivity index (χ2v) is 8.31. The van der Waals surface area contributed by atoms with Crippen molar-refractivity contribution in [3.63, 3.8) is 0 Å². The second-order valence-electron chi connectivity index (χ2n) is 8.31. The van der Waals surface area contributed by atoms with Crippen LogP contribution in [0, 0.1) is 5.82 Å². The quantitative estimate of drug-likeness (QED) is 0.305. The first-order valence-electron chi connectivity index (χ1n) is 11.1. The summed E-state index contributed by atoms with van der Waals surface area (Å²) < 4.78 is 15.7. The molecule has 6 rings (SSSR count). The number of fused-ring (bicyclic) bond motifs is 4. The standard InChI is InChI=1S/C27H23FN6/c28-16-11-9-15(10-12-16)25-24(17-5-1-2-6-20(17)32-25)23-18(13-29)26(31)34-22-8-4-3-7-21(22)33-27(34)19(23)14-30/h1-12,32H,13-14,29-31H2. The van der Waals surface area contributed by atoms with E-state index in [0.29, 0.717) is 11.5 Å². The molecule has 7 heteroatoms. The van der Waals surface area contributed by atoms with Crippen LogP contribution in [-0.2, 0) is 13.1 Å². The molecule has 3 aromatic carbocycles. The number of pyridine rings is 1. The number of benzene rings is 3. The Balaban J connectivity index is 1.80. The van der Waals surface area contributed by atoms with Gasteiger partial charge < -0.3 is 22.2 Å². The van der Waals surface area contributed by atoms with Gasteiger partial charge in [-0.3, -0.25) is 4.40 Å². The number of halogens is 1. The number of hydrogen-bond donors (Lipinski definition) is 4. The molecule has 7 N–H and O–H groups in total. The molecule has 168 valence electrons. The van der Waals surface area contributed by atoms with Crippen LogP contribution in [0.4, 0.5) is 10.2 Å². The molecule has 0 unspecified atom stereocenters. The van der Waals surface area contributed by atoms with Crippen LogP contribution in [0.2, 0.25) is 0 Å². The minimum Gasteiger partial charge on any atom is -0.384 e. The van der Waals surface area contributed by atoms with E-state index in [-0.39, 0.29) is 18.9 Å². The summed E-state index contributed by atoms with van der Waals surface area (Å²) in [6, 6.07) is 22.3. The van der Waals surface area contributed by atoms with E-state index in [1.807, 2.05) is 46.9 Å². The molecule has 0 saturated carbocycles. The van der Waals surface area contributed by atoms with Gasteiger partial charge >= 0.3 is 0 Å². The third kappa shape index (κ3) is 2.84. The lowest BCUT2D eigenvalue weighted by atomic mass is 9.91. The number of aromatic nitrogens is 3. The largest absolute Gasteiger partial charge is 0.384 e. The lowest BCUT2D eigenvalue weighted by molar-refractivity contribution is 0.628. The normalized spacial score (nSPS) is 11.7. The van der Waals surface area contributed by atoms with Gasteiger partial charge in [-0.15, -0.1) is 0 Å². The van der Waals surface area contributed by atoms with Gasteiger partial charge in [-0.05, 0) is 48.0 Å². The summed E-state index contributed by atoms with van der Waals surface area (Å²) in [5.41, 5.74) is 28.0. The fourth-order valence-electron chi connectivity index (χ4n) is 4.97. The fourth-order valence-corrected chi connectivity index (χ4v) is 4.97. The number of H-pyrrole nitrogens is 1. The number of imidazole rings is 1. The van der Waals surface area contributed by atoms with Crippen molar-refractivity contribution in [1.29, 1.82) is 0 Å². The summed E-state index contributed by atoms with van der Waals surface area (Å²) in [7, 11) is 0. The predicted octanol–water partition coefficient (Wildman–Crippen LogP) is 4.94. The monoisotopic (exact) mass is 450 g/mol. The van der Waals surface area contributed by atoms with Gasteiger partial charge in [-0.1, -0.05) is 30.3 Å². The number of nitrogens with two attached hydrogens (primary N) is 3. The highest BCUT2D eigenvalue weighted by Gasteiger charge is 2.25. The number of anilines is 1. The van der Waals surface area contributed by atoms with Crippen molar-refractivity contribution in [3.05, 3.63) is 89.7 Å². The maximum absolute atomic E-state index is 13.7. The second kappa shape index (κ2) is 7.69. The molecule has 0 radical (unpaired) electrons. The molecule has 0 amide bonds. The maximum atomic E-state index is 13.7. The van der Waals surface area contributed by atoms with E-state index in [4.69, 9.17) is 22.2 Å². The zero-order valence-electron chi connectivity index (χ0n) is 18.3. The van der Waals surface area contributed by atoms with E-state index in [2.05, 4.69) is 11.1 Å². The lowest BCUT2D eigenvalue weighted by Crippen LogP contribution is -2.14. The van der Waals surface area contributed by atoms with Gasteiger partial charge in [0, 0.05) is 46.2 Å². The third-order valence-electron chi connectivity index (χ3n) is 6.48. The molecule has 0 aliphatic carbocycles. The highest BCUT2D eigenvalue weighted by Crippen LogP contribution is 2.44. The minimum atomic E-state index is -0.290. The first-order valence-corrected chi connectivity index (χ1v) is 11.1. The zero-order chi connectivity index (χ0) is 23.4. The summed E-state index contributed by atoms with van der Waals surface area (Å²) in [4.78, 5) is 8.41. The zero-order valence-corrected chi connectivity index (χ0v) is 18.3. The number of rotatable bonds is 4. The maximum Gasteiger partial charge on any atom is 0.144 e. The molecule has 6 nitrogen and oxygen atoms in total. The van der Waals surface area contributed by atoms with Crippen molar-refractivity contribution in [2.24, 2.45) is 11.5 Å². The average Bonchev–Trinajstić information content (AvgIpc) is 3.43. The van der Waals surface area contributed by atoms with E-state index in [1.165, 1.54) is 12.1 Å². The van der Waals surface area contributed by atoms with Crippen molar-refractivity contribution in [3.8, 4) is 22.4 Å². The van der Waals surface area contributed by atoms with Crippen molar-refractivity contribution in [2.45, 2.75) is 13.1 Å². The predicted molar refractivity (Wildman–Crippen MR) is 136 cm³/mol. The highest BCUT2D eigenvalue weighted by molar-refractivity contribution is 6.07. The number of hydrogen-bond acceptors (Lipinski definition) is 4. The Kier molecular flexibility index (Phi) is 4.62. The molecule has 0 aliphatic rings. The molecule has 0 aliphatic heterocycles. The lowest BCUT2D eigenvalue weighted by Gasteiger charge is -2.19. The Morgan fingerprint density at radius 1 is 0.824 bits per heavy atom. The third-order valence-corrected chi connectivity index (χ3v) is 6.48. The Morgan fingerprint density at radius 3 is 2.29 bits per heavy atom. The molecule has 0 spiro atoms.